The molecule has 0 spiro atoms. The summed E-state index contributed by atoms with van der Waals surface area (Å²) < 4.78 is 16.4. The summed E-state index contributed by atoms with van der Waals surface area (Å²) in [6.45, 7) is 2.81. The predicted octanol–water partition coefficient (Wildman–Crippen LogP) is 4.39. The molecule has 2 N–H and O–H groups in total. The highest BCUT2D eigenvalue weighted by molar-refractivity contribution is 14.0. The second-order valence-corrected chi connectivity index (χ2v) is 7.80. The van der Waals surface area contributed by atoms with Gasteiger partial charge in [0, 0.05) is 55.4 Å². The lowest BCUT2D eigenvalue weighted by Crippen LogP contribution is -2.47. The van der Waals surface area contributed by atoms with Gasteiger partial charge in [0.25, 0.3) is 0 Å². The quantitative estimate of drug-likeness (QED) is 0.299. The van der Waals surface area contributed by atoms with E-state index in [1.165, 1.54) is 5.56 Å². The highest BCUT2D eigenvalue weighted by Crippen LogP contribution is 2.35. The Morgan fingerprint density at radius 2 is 1.87 bits per heavy atom. The molecule has 1 aliphatic rings. The van der Waals surface area contributed by atoms with Crippen molar-refractivity contribution in [3.63, 3.8) is 0 Å². The van der Waals surface area contributed by atoms with Gasteiger partial charge < -0.3 is 24.8 Å². The van der Waals surface area contributed by atoms with Crippen molar-refractivity contribution in [3.05, 3.63) is 58.6 Å². The Kier molecular flexibility index (Phi) is 10.2. The Balaban J connectivity index is 0.00000341. The van der Waals surface area contributed by atoms with Gasteiger partial charge in [-0.25, -0.2) is 0 Å². The largest absolute Gasteiger partial charge is 0.497 e. The Labute approximate surface area is 206 Å². The lowest BCUT2D eigenvalue weighted by molar-refractivity contribution is 0.0514. The van der Waals surface area contributed by atoms with Gasteiger partial charge >= 0.3 is 0 Å². The second kappa shape index (κ2) is 12.4. The van der Waals surface area contributed by atoms with Crippen LogP contribution in [0.4, 0.5) is 0 Å². The van der Waals surface area contributed by atoms with Crippen LogP contribution in [0.2, 0.25) is 5.02 Å². The third kappa shape index (κ3) is 6.63. The summed E-state index contributed by atoms with van der Waals surface area (Å²) in [6, 6.07) is 13.9. The van der Waals surface area contributed by atoms with Crippen LogP contribution >= 0.6 is 35.6 Å². The van der Waals surface area contributed by atoms with Crippen LogP contribution in [0.3, 0.4) is 0 Å². The van der Waals surface area contributed by atoms with Crippen molar-refractivity contribution in [2.75, 3.05) is 41.0 Å². The van der Waals surface area contributed by atoms with Crippen LogP contribution in [0.1, 0.15) is 24.0 Å². The summed E-state index contributed by atoms with van der Waals surface area (Å²) >= 11 is 6.28. The van der Waals surface area contributed by atoms with E-state index in [1.54, 1.807) is 21.3 Å². The molecule has 0 bridgehead atoms. The monoisotopic (exact) mass is 559 g/mol. The van der Waals surface area contributed by atoms with E-state index >= 15 is 0 Å². The molecule has 31 heavy (non-hydrogen) atoms. The molecule has 1 fully saturated rings. The molecule has 0 saturated carbocycles. The number of guanidine groups is 1. The Morgan fingerprint density at radius 3 is 2.52 bits per heavy atom. The van der Waals surface area contributed by atoms with Crippen LogP contribution in [-0.2, 0) is 16.7 Å². The molecule has 0 aromatic heterocycles. The van der Waals surface area contributed by atoms with Crippen LogP contribution in [0, 0.1) is 0 Å². The minimum absolute atomic E-state index is 0. The minimum Gasteiger partial charge on any atom is -0.497 e. The molecule has 0 radical (unpaired) electrons. The number of halogens is 2. The molecule has 0 amide bonds. The van der Waals surface area contributed by atoms with Crippen LogP contribution in [0.25, 0.3) is 0 Å². The highest BCUT2D eigenvalue weighted by Gasteiger charge is 2.34. The molecule has 1 heterocycles. The van der Waals surface area contributed by atoms with Crippen LogP contribution < -0.4 is 20.1 Å². The van der Waals surface area contributed by atoms with Crippen LogP contribution in [-0.4, -0.2) is 47.0 Å². The minimum atomic E-state index is -0.0431. The number of hydrogen-bond acceptors (Lipinski definition) is 4. The Hall–Kier alpha value is -1.71. The predicted molar refractivity (Wildman–Crippen MR) is 136 cm³/mol. The van der Waals surface area contributed by atoms with Crippen LogP contribution in [0.5, 0.6) is 11.5 Å². The number of hydrogen-bond donors (Lipinski definition) is 2. The molecule has 1 saturated heterocycles. The zero-order valence-electron chi connectivity index (χ0n) is 18.2. The lowest BCUT2D eigenvalue weighted by atomic mass is 9.74. The van der Waals surface area contributed by atoms with Crippen molar-refractivity contribution < 1.29 is 14.2 Å². The van der Waals surface area contributed by atoms with E-state index < -0.39 is 0 Å². The number of ether oxygens (including phenoxy) is 3. The van der Waals surface area contributed by atoms with Crippen LogP contribution in [0.15, 0.2) is 47.5 Å². The summed E-state index contributed by atoms with van der Waals surface area (Å²) in [5.74, 6) is 2.28. The molecule has 0 atom stereocenters. The fourth-order valence-electron chi connectivity index (χ4n) is 3.80. The number of nitrogens with zero attached hydrogens (tertiary/aromatic N) is 1. The van der Waals surface area contributed by atoms with E-state index in [4.69, 9.17) is 25.8 Å². The summed E-state index contributed by atoms with van der Waals surface area (Å²) in [5.41, 5.74) is 2.22. The third-order valence-electron chi connectivity index (χ3n) is 5.65. The average Bonchev–Trinajstić information content (AvgIpc) is 2.79. The first-order chi connectivity index (χ1) is 14.6. The molecule has 8 heteroatoms. The molecule has 2 aromatic rings. The molecular weight excluding hydrogens is 529 g/mol. The Morgan fingerprint density at radius 1 is 1.10 bits per heavy atom. The lowest BCUT2D eigenvalue weighted by Gasteiger charge is -2.38. The summed E-state index contributed by atoms with van der Waals surface area (Å²) in [7, 11) is 5.08. The van der Waals surface area contributed by atoms with Gasteiger partial charge in [-0.3, -0.25) is 4.99 Å². The van der Waals surface area contributed by atoms with Gasteiger partial charge in [-0.15, -0.1) is 24.0 Å². The number of rotatable bonds is 7. The maximum atomic E-state index is 6.28. The van der Waals surface area contributed by atoms with Crippen molar-refractivity contribution in [2.24, 2.45) is 4.99 Å². The number of nitrogens with one attached hydrogen (secondary N) is 2. The smallest absolute Gasteiger partial charge is 0.191 e. The maximum Gasteiger partial charge on any atom is 0.191 e. The number of methoxy groups -OCH3 is 2. The SMILES string of the molecule is CN=C(NCc1ccc(OC)cc1OC)NCC1(c2cccc(Cl)c2)CCOCC1.I. The zero-order chi connectivity index (χ0) is 21.4. The van der Waals surface area contributed by atoms with Gasteiger partial charge in [0.05, 0.1) is 14.2 Å². The average molecular weight is 560 g/mol. The first-order valence-electron chi connectivity index (χ1n) is 10.1. The standard InChI is InChI=1S/C23H30ClN3O3.HI/c1-25-22(26-15-17-7-8-20(28-2)14-21(17)29-3)27-16-23(9-11-30-12-10-23)18-5-4-6-19(24)13-18;/h4-8,13-14H,9-12,15-16H2,1-3H3,(H2,25,26,27);1H. The fourth-order valence-corrected chi connectivity index (χ4v) is 3.99. The highest BCUT2D eigenvalue weighted by atomic mass is 127. The molecule has 170 valence electrons. The van der Waals surface area contributed by atoms with E-state index in [2.05, 4.69) is 27.8 Å². The summed E-state index contributed by atoms with van der Waals surface area (Å²) in [4.78, 5) is 4.39. The molecule has 0 unspecified atom stereocenters. The molecule has 6 nitrogen and oxygen atoms in total. The summed E-state index contributed by atoms with van der Waals surface area (Å²) in [5, 5.41) is 7.64. The molecule has 0 aliphatic carbocycles. The number of benzene rings is 2. The third-order valence-corrected chi connectivity index (χ3v) is 5.88. The summed E-state index contributed by atoms with van der Waals surface area (Å²) in [6.07, 6.45) is 1.87. The van der Waals surface area contributed by atoms with E-state index in [9.17, 15) is 0 Å². The first kappa shape index (κ1) is 25.5. The Bertz CT molecular complexity index is 873. The van der Waals surface area contributed by atoms with Gasteiger partial charge in [-0.1, -0.05) is 23.7 Å². The van der Waals surface area contributed by atoms with E-state index in [0.717, 1.165) is 60.6 Å². The first-order valence-corrected chi connectivity index (χ1v) is 10.5. The molecule has 2 aromatic carbocycles. The van der Waals surface area contributed by atoms with Crippen molar-refractivity contribution in [2.45, 2.75) is 24.8 Å². The van der Waals surface area contributed by atoms with E-state index in [0.29, 0.717) is 6.54 Å². The van der Waals surface area contributed by atoms with Gasteiger partial charge in [-0.2, -0.15) is 0 Å². The zero-order valence-corrected chi connectivity index (χ0v) is 21.3. The van der Waals surface area contributed by atoms with E-state index in [1.807, 2.05) is 30.3 Å². The molecule has 1 aliphatic heterocycles. The normalized spacial score (nSPS) is 15.5. The molecule has 3 rings (SSSR count). The van der Waals surface area contributed by atoms with Crippen molar-refractivity contribution in [1.29, 1.82) is 0 Å². The maximum absolute atomic E-state index is 6.28. The molecular formula is C23H31ClIN3O3. The van der Waals surface area contributed by atoms with Gasteiger partial charge in [-0.05, 0) is 42.7 Å². The van der Waals surface area contributed by atoms with Crippen molar-refractivity contribution in [1.82, 2.24) is 10.6 Å². The van der Waals surface area contributed by atoms with Gasteiger partial charge in [0.1, 0.15) is 11.5 Å². The van der Waals surface area contributed by atoms with Gasteiger partial charge in [0.15, 0.2) is 5.96 Å². The van der Waals surface area contributed by atoms with Gasteiger partial charge in [0.2, 0.25) is 0 Å². The van der Waals surface area contributed by atoms with Crippen molar-refractivity contribution in [3.8, 4) is 11.5 Å². The number of aliphatic imine (C=N–C) groups is 1. The second-order valence-electron chi connectivity index (χ2n) is 7.36. The van der Waals surface area contributed by atoms with Crippen molar-refractivity contribution >= 4 is 41.5 Å². The fraction of sp³-hybridized carbons (Fsp3) is 0.435. The topological polar surface area (TPSA) is 64.1 Å². The van der Waals surface area contributed by atoms with E-state index in [-0.39, 0.29) is 29.4 Å².